The molecule has 0 aromatic heterocycles. The van der Waals surface area contributed by atoms with E-state index >= 15 is 0 Å². The summed E-state index contributed by atoms with van der Waals surface area (Å²) in [5.74, 6) is 0. The molecule has 3 rings (SSSR count). The topological polar surface area (TPSA) is 31.0 Å². The zero-order valence-electron chi connectivity index (χ0n) is 15.5. The van der Waals surface area contributed by atoms with Crippen molar-refractivity contribution in [1.82, 2.24) is 19.4 Å². The fourth-order valence-electron chi connectivity index (χ4n) is 4.46. The Labute approximate surface area is 153 Å². The molecule has 0 aromatic carbocycles. The lowest BCUT2D eigenvalue weighted by molar-refractivity contribution is -0.0435. The van der Waals surface area contributed by atoms with Crippen molar-refractivity contribution in [2.75, 3.05) is 59.0 Å². The maximum atomic E-state index is 5.52. The Hall–Kier alpha value is 0.150. The molecule has 3 aliphatic rings. The second-order valence-electron chi connectivity index (χ2n) is 8.14. The third-order valence-corrected chi connectivity index (χ3v) is 6.74. The number of rotatable bonds is 5. The second kappa shape index (κ2) is 8.69. The van der Waals surface area contributed by atoms with E-state index in [1.54, 1.807) is 0 Å². The van der Waals surface area contributed by atoms with Gasteiger partial charge in [-0.3, -0.25) is 14.1 Å². The summed E-state index contributed by atoms with van der Waals surface area (Å²) in [5.41, 5.74) is 0.378. The third-order valence-electron chi connectivity index (χ3n) is 6.37. The number of piperidine rings is 2. The van der Waals surface area contributed by atoms with Crippen molar-refractivity contribution in [1.29, 1.82) is 0 Å². The number of hydrogen-bond acceptors (Lipinski definition) is 6. The van der Waals surface area contributed by atoms with Crippen LogP contribution < -0.4 is 5.32 Å². The zero-order chi connectivity index (χ0) is 17.0. The predicted molar refractivity (Wildman–Crippen MR) is 103 cm³/mol. The molecule has 24 heavy (non-hydrogen) atoms. The number of likely N-dealkylation sites (tertiary alicyclic amines) is 1. The van der Waals surface area contributed by atoms with Gasteiger partial charge >= 0.3 is 0 Å². The van der Waals surface area contributed by atoms with Crippen LogP contribution >= 0.6 is 12.8 Å². The SMILES string of the molecule is CC(CN[C@H]1CCCN(S)C1)N1CCC(C)(N2CCOCC2)CC1. The van der Waals surface area contributed by atoms with Gasteiger partial charge in [-0.1, -0.05) is 12.8 Å². The van der Waals surface area contributed by atoms with Crippen molar-refractivity contribution < 1.29 is 4.74 Å². The highest BCUT2D eigenvalue weighted by molar-refractivity contribution is 7.77. The van der Waals surface area contributed by atoms with Gasteiger partial charge in [0.05, 0.1) is 13.2 Å². The highest BCUT2D eigenvalue weighted by atomic mass is 32.1. The first-order valence-corrected chi connectivity index (χ1v) is 10.2. The Morgan fingerprint density at radius 2 is 1.88 bits per heavy atom. The molecule has 3 aliphatic heterocycles. The summed E-state index contributed by atoms with van der Waals surface area (Å²) in [6.45, 7) is 14.6. The van der Waals surface area contributed by atoms with Crippen molar-refractivity contribution >= 4 is 12.8 Å². The van der Waals surface area contributed by atoms with E-state index in [0.717, 1.165) is 45.9 Å². The van der Waals surface area contributed by atoms with Gasteiger partial charge in [0, 0.05) is 63.4 Å². The summed E-state index contributed by atoms with van der Waals surface area (Å²) in [5, 5.41) is 3.77. The zero-order valence-corrected chi connectivity index (χ0v) is 16.4. The van der Waals surface area contributed by atoms with E-state index < -0.39 is 0 Å². The highest BCUT2D eigenvalue weighted by Crippen LogP contribution is 2.30. The summed E-state index contributed by atoms with van der Waals surface area (Å²) >= 11 is 4.51. The molecular weight excluding hydrogens is 320 g/mol. The first kappa shape index (κ1) is 18.9. The van der Waals surface area contributed by atoms with Crippen molar-refractivity contribution in [3.8, 4) is 0 Å². The van der Waals surface area contributed by atoms with Gasteiger partial charge in [0.25, 0.3) is 0 Å². The number of hydrogen-bond donors (Lipinski definition) is 2. The van der Waals surface area contributed by atoms with Crippen LogP contribution in [0.1, 0.15) is 39.5 Å². The molecule has 0 saturated carbocycles. The Kier molecular flexibility index (Phi) is 6.85. The van der Waals surface area contributed by atoms with Gasteiger partial charge in [-0.2, -0.15) is 0 Å². The summed E-state index contributed by atoms with van der Waals surface area (Å²) in [7, 11) is 0. The molecule has 6 heteroatoms. The molecule has 5 nitrogen and oxygen atoms in total. The molecule has 1 N–H and O–H groups in total. The maximum absolute atomic E-state index is 5.52. The summed E-state index contributed by atoms with van der Waals surface area (Å²) in [4.78, 5) is 5.34. The van der Waals surface area contributed by atoms with Crippen LogP contribution in [0.3, 0.4) is 0 Å². The van der Waals surface area contributed by atoms with Crippen molar-refractivity contribution in [2.24, 2.45) is 0 Å². The second-order valence-corrected chi connectivity index (χ2v) is 8.71. The number of thiol groups is 1. The number of nitrogens with zero attached hydrogens (tertiary/aromatic N) is 3. The van der Waals surface area contributed by atoms with Crippen LogP contribution in [0.5, 0.6) is 0 Å². The Balaban J connectivity index is 1.40. The predicted octanol–water partition coefficient (Wildman–Crippen LogP) is 1.46. The van der Waals surface area contributed by atoms with Gasteiger partial charge in [0.15, 0.2) is 0 Å². The van der Waals surface area contributed by atoms with Crippen LogP contribution in [-0.4, -0.2) is 90.8 Å². The molecule has 0 spiro atoms. The molecule has 3 heterocycles. The van der Waals surface area contributed by atoms with E-state index in [4.69, 9.17) is 4.74 Å². The molecule has 0 amide bonds. The standard InChI is InChI=1S/C18H36N4OS/c1-16(14-19-17-4-3-7-22(24)15-17)20-8-5-18(2,6-9-20)21-10-12-23-13-11-21/h16-17,19,24H,3-15H2,1-2H3/t16?,17-/m0/s1. The highest BCUT2D eigenvalue weighted by Gasteiger charge is 2.37. The minimum absolute atomic E-state index is 0.378. The van der Waals surface area contributed by atoms with Crippen LogP contribution in [0.2, 0.25) is 0 Å². The van der Waals surface area contributed by atoms with E-state index in [1.165, 1.54) is 38.8 Å². The summed E-state index contributed by atoms with van der Waals surface area (Å²) < 4.78 is 7.68. The van der Waals surface area contributed by atoms with E-state index in [1.807, 2.05) is 0 Å². The van der Waals surface area contributed by atoms with Crippen LogP contribution in [0, 0.1) is 0 Å². The fraction of sp³-hybridized carbons (Fsp3) is 1.00. The first-order chi connectivity index (χ1) is 11.6. The Bertz CT molecular complexity index is 383. The lowest BCUT2D eigenvalue weighted by atomic mass is 9.86. The molecule has 3 saturated heterocycles. The van der Waals surface area contributed by atoms with E-state index in [0.29, 0.717) is 17.6 Å². The quantitative estimate of drug-likeness (QED) is 0.729. The maximum Gasteiger partial charge on any atom is 0.0594 e. The molecule has 1 unspecified atom stereocenters. The normalized spacial score (nSPS) is 31.9. The van der Waals surface area contributed by atoms with Crippen LogP contribution in [0.4, 0.5) is 0 Å². The average Bonchev–Trinajstić information content (AvgIpc) is 2.61. The minimum atomic E-state index is 0.378. The van der Waals surface area contributed by atoms with Crippen molar-refractivity contribution in [2.45, 2.75) is 57.2 Å². The molecule has 0 bridgehead atoms. The van der Waals surface area contributed by atoms with Gasteiger partial charge in [0.2, 0.25) is 0 Å². The van der Waals surface area contributed by atoms with E-state index in [2.05, 4.69) is 46.1 Å². The van der Waals surface area contributed by atoms with Crippen LogP contribution in [0.25, 0.3) is 0 Å². The van der Waals surface area contributed by atoms with E-state index in [-0.39, 0.29) is 0 Å². The fourth-order valence-corrected chi connectivity index (χ4v) is 4.79. The summed E-state index contributed by atoms with van der Waals surface area (Å²) in [6, 6.07) is 1.23. The molecule has 3 fully saturated rings. The van der Waals surface area contributed by atoms with Gasteiger partial charge in [-0.05, 0) is 39.5 Å². The van der Waals surface area contributed by atoms with E-state index in [9.17, 15) is 0 Å². The number of nitrogens with one attached hydrogen (secondary N) is 1. The Morgan fingerprint density at radius 3 is 2.54 bits per heavy atom. The lowest BCUT2D eigenvalue weighted by Gasteiger charge is -2.49. The first-order valence-electron chi connectivity index (χ1n) is 9.81. The number of morpholine rings is 1. The van der Waals surface area contributed by atoms with Crippen molar-refractivity contribution in [3.05, 3.63) is 0 Å². The summed E-state index contributed by atoms with van der Waals surface area (Å²) in [6.07, 6.45) is 5.12. The average molecular weight is 357 g/mol. The largest absolute Gasteiger partial charge is 0.379 e. The monoisotopic (exact) mass is 356 g/mol. The van der Waals surface area contributed by atoms with Gasteiger partial charge < -0.3 is 10.1 Å². The number of ether oxygens (including phenoxy) is 1. The van der Waals surface area contributed by atoms with Crippen LogP contribution in [-0.2, 0) is 4.74 Å². The third kappa shape index (κ3) is 4.86. The van der Waals surface area contributed by atoms with Gasteiger partial charge in [0.1, 0.15) is 0 Å². The lowest BCUT2D eigenvalue weighted by Crippen LogP contribution is -2.58. The van der Waals surface area contributed by atoms with Crippen LogP contribution in [0.15, 0.2) is 0 Å². The molecule has 2 atom stereocenters. The van der Waals surface area contributed by atoms with Gasteiger partial charge in [-0.15, -0.1) is 0 Å². The molecule has 140 valence electrons. The minimum Gasteiger partial charge on any atom is -0.379 e. The molecule has 0 aliphatic carbocycles. The van der Waals surface area contributed by atoms with Gasteiger partial charge in [-0.25, -0.2) is 0 Å². The Morgan fingerprint density at radius 1 is 1.17 bits per heavy atom. The molecule has 0 aromatic rings. The molecular formula is C18H36N4OS. The smallest absolute Gasteiger partial charge is 0.0594 e. The molecule has 0 radical (unpaired) electrons. The van der Waals surface area contributed by atoms with Crippen molar-refractivity contribution in [3.63, 3.8) is 0 Å².